The Kier molecular flexibility index (Phi) is 12.3. The van der Waals surface area contributed by atoms with E-state index in [9.17, 15) is 23.4 Å². The van der Waals surface area contributed by atoms with Crippen LogP contribution in [0.25, 0.3) is 0 Å². The molecule has 0 spiro atoms. The van der Waals surface area contributed by atoms with Crippen LogP contribution in [0.3, 0.4) is 0 Å². The number of anilines is 1. The van der Waals surface area contributed by atoms with Crippen LogP contribution < -0.4 is 25.6 Å². The number of benzene rings is 2. The SMILES string of the molecule is CCN[C@H]1CO[C@@H]2OCC[C@H](C(NS(=O)(=O)c3ccc4c(c3)SC(NC(C)C)N4CC(C)C)[C@H](O)[C@H](Cc3ccccc3)NC(=O)O)[C@H]21. The predicted octanol–water partition coefficient (Wildman–Crippen LogP) is 3.41. The number of nitrogens with one attached hydrogen (secondary N) is 4. The van der Waals surface area contributed by atoms with Crippen molar-refractivity contribution in [3.05, 3.63) is 54.1 Å². The van der Waals surface area contributed by atoms with Gasteiger partial charge in [0.15, 0.2) is 6.29 Å². The van der Waals surface area contributed by atoms with Crippen LogP contribution in [0.1, 0.15) is 46.6 Å². The Morgan fingerprint density at radius 1 is 1.10 bits per heavy atom. The van der Waals surface area contributed by atoms with E-state index in [1.165, 1.54) is 0 Å². The van der Waals surface area contributed by atoms with Crippen LogP contribution >= 0.6 is 11.8 Å². The van der Waals surface area contributed by atoms with Gasteiger partial charge in [0.1, 0.15) is 5.50 Å². The molecule has 2 aromatic rings. The summed E-state index contributed by atoms with van der Waals surface area (Å²) in [6, 6.07) is 12.5. The van der Waals surface area contributed by atoms with E-state index in [1.807, 2.05) is 43.3 Å². The molecule has 8 atom stereocenters. The number of nitrogens with zero attached hydrogens (tertiary/aromatic N) is 1. The number of likely N-dealkylation sites (N-methyl/N-ethyl adjacent to an activating group) is 1. The number of hydrogen-bond donors (Lipinski definition) is 6. The Hall–Kier alpha value is -2.43. The van der Waals surface area contributed by atoms with Gasteiger partial charge >= 0.3 is 6.09 Å². The average molecular weight is 706 g/mol. The van der Waals surface area contributed by atoms with Gasteiger partial charge in [-0.3, -0.25) is 5.32 Å². The number of thioether (sulfide) groups is 1. The van der Waals surface area contributed by atoms with Gasteiger partial charge in [-0.2, -0.15) is 0 Å². The number of carbonyl (C=O) groups is 1. The van der Waals surface area contributed by atoms with Crippen molar-refractivity contribution in [2.75, 3.05) is 31.2 Å². The molecule has 2 saturated heterocycles. The molecule has 2 aromatic carbocycles. The first-order valence-electron chi connectivity index (χ1n) is 16.9. The lowest BCUT2D eigenvalue weighted by Gasteiger charge is -2.43. The van der Waals surface area contributed by atoms with Crippen molar-refractivity contribution in [3.8, 4) is 0 Å². The number of carboxylic acid groups (broad SMARTS) is 1. The minimum Gasteiger partial charge on any atom is -0.465 e. The monoisotopic (exact) mass is 705 g/mol. The van der Waals surface area contributed by atoms with Crippen LogP contribution in [0, 0.1) is 17.8 Å². The number of hydrogen-bond acceptors (Lipinski definition) is 10. The van der Waals surface area contributed by atoms with Gasteiger partial charge in [0.25, 0.3) is 0 Å². The van der Waals surface area contributed by atoms with Crippen LogP contribution in [0.4, 0.5) is 10.5 Å². The Bertz CT molecular complexity index is 1480. The maximum Gasteiger partial charge on any atom is 0.404 e. The molecule has 3 heterocycles. The van der Waals surface area contributed by atoms with Crippen LogP contribution in [-0.4, -0.2) is 93.1 Å². The van der Waals surface area contributed by atoms with Gasteiger partial charge in [-0.05, 0) is 68.8 Å². The number of rotatable bonds is 15. The van der Waals surface area contributed by atoms with Gasteiger partial charge in [-0.15, -0.1) is 0 Å². The minimum atomic E-state index is -4.19. The molecule has 48 heavy (non-hydrogen) atoms. The number of fused-ring (bicyclic) bond motifs is 2. The van der Waals surface area contributed by atoms with E-state index < -0.39 is 46.5 Å². The third kappa shape index (κ3) is 8.64. The van der Waals surface area contributed by atoms with Gasteiger partial charge in [0, 0.05) is 29.4 Å². The van der Waals surface area contributed by atoms with E-state index in [0.29, 0.717) is 32.1 Å². The van der Waals surface area contributed by atoms with Crippen molar-refractivity contribution in [3.63, 3.8) is 0 Å². The second kappa shape index (κ2) is 16.1. The molecule has 2 unspecified atom stereocenters. The van der Waals surface area contributed by atoms with Crippen LogP contribution in [0.15, 0.2) is 58.3 Å². The van der Waals surface area contributed by atoms with Crippen molar-refractivity contribution in [1.82, 2.24) is 20.7 Å². The highest BCUT2D eigenvalue weighted by Gasteiger charge is 2.51. The molecule has 1 amide bonds. The van der Waals surface area contributed by atoms with Gasteiger partial charge in [0.05, 0.1) is 42.0 Å². The number of sulfonamides is 1. The van der Waals surface area contributed by atoms with Crippen molar-refractivity contribution in [2.24, 2.45) is 17.8 Å². The third-order valence-corrected chi connectivity index (χ3v) is 11.8. The van der Waals surface area contributed by atoms with Crippen molar-refractivity contribution in [1.29, 1.82) is 0 Å². The van der Waals surface area contributed by atoms with Gasteiger partial charge in [-0.25, -0.2) is 17.9 Å². The first-order chi connectivity index (χ1) is 22.9. The van der Waals surface area contributed by atoms with Crippen LogP contribution in [0.2, 0.25) is 0 Å². The fourth-order valence-corrected chi connectivity index (χ4v) is 9.96. The first-order valence-corrected chi connectivity index (χ1v) is 19.3. The predicted molar refractivity (Wildman–Crippen MR) is 187 cm³/mol. The first kappa shape index (κ1) is 36.8. The number of amides is 1. The zero-order valence-electron chi connectivity index (χ0n) is 28.3. The normalized spacial score (nSPS) is 25.9. The molecular formula is C34H51N5O7S2. The summed E-state index contributed by atoms with van der Waals surface area (Å²) >= 11 is 1.59. The third-order valence-electron chi connectivity index (χ3n) is 9.16. The summed E-state index contributed by atoms with van der Waals surface area (Å²) in [7, 11) is -4.19. The molecule has 0 radical (unpaired) electrons. The molecule has 6 N–H and O–H groups in total. The minimum absolute atomic E-state index is 0.0340. The molecule has 0 aliphatic carbocycles. The zero-order valence-corrected chi connectivity index (χ0v) is 30.0. The highest BCUT2D eigenvalue weighted by molar-refractivity contribution is 8.00. The van der Waals surface area contributed by atoms with E-state index in [0.717, 1.165) is 22.7 Å². The highest BCUT2D eigenvalue weighted by Crippen LogP contribution is 2.44. The van der Waals surface area contributed by atoms with Crippen molar-refractivity contribution >= 4 is 33.6 Å². The molecule has 5 rings (SSSR count). The second-order valence-corrected chi connectivity index (χ2v) is 16.5. The molecule has 12 nitrogen and oxygen atoms in total. The number of aliphatic hydroxyl groups excluding tert-OH is 1. The standard InChI is InChI=1S/C34H51N5O7S2/c1-6-35-26-19-46-32-29(26)24(14-15-45-32)30(31(40)25(37-34(41)42)16-22-10-8-7-9-11-22)38-48(43,44)23-12-13-27-28(17-23)47-33(36-21(4)5)39(27)18-20(2)3/h7-13,17,20-21,24-26,29-33,35-38,40H,6,14-16,18-19H2,1-5H3,(H,41,42)/t24-,25-,26-,29-,30?,31+,32-,33?/m0/s1. The number of ether oxygens (including phenoxy) is 2. The van der Waals surface area contributed by atoms with Gasteiger partial charge in [-0.1, -0.05) is 62.9 Å². The zero-order chi connectivity index (χ0) is 34.6. The quantitative estimate of drug-likeness (QED) is 0.161. The van der Waals surface area contributed by atoms with E-state index in [4.69, 9.17) is 9.47 Å². The molecule has 0 bridgehead atoms. The van der Waals surface area contributed by atoms with Gasteiger partial charge < -0.3 is 35.2 Å². The Morgan fingerprint density at radius 2 is 1.85 bits per heavy atom. The molecule has 266 valence electrons. The molecule has 0 saturated carbocycles. The largest absolute Gasteiger partial charge is 0.465 e. The number of aliphatic hydroxyl groups is 1. The van der Waals surface area contributed by atoms with E-state index in [1.54, 1.807) is 23.9 Å². The van der Waals surface area contributed by atoms with Crippen molar-refractivity contribution in [2.45, 2.75) is 99.3 Å². The summed E-state index contributed by atoms with van der Waals surface area (Å²) in [6.07, 6.45) is -2.66. The van der Waals surface area contributed by atoms with E-state index >= 15 is 0 Å². The fraction of sp³-hybridized carbons (Fsp3) is 0.618. The molecule has 3 aliphatic heterocycles. The van der Waals surface area contributed by atoms with Gasteiger partial charge in [0.2, 0.25) is 10.0 Å². The fourth-order valence-electron chi connectivity index (χ4n) is 7.15. The lowest BCUT2D eigenvalue weighted by molar-refractivity contribution is -0.173. The van der Waals surface area contributed by atoms with Crippen molar-refractivity contribution < 1.29 is 32.9 Å². The average Bonchev–Trinajstić information content (AvgIpc) is 3.59. The Labute approximate surface area is 288 Å². The lowest BCUT2D eigenvalue weighted by atomic mass is 9.75. The van der Waals surface area contributed by atoms with Crippen LogP contribution in [-0.2, 0) is 25.9 Å². The molecule has 14 heteroatoms. The summed E-state index contributed by atoms with van der Waals surface area (Å²) < 4.78 is 43.5. The summed E-state index contributed by atoms with van der Waals surface area (Å²) in [5.41, 5.74) is 1.75. The lowest BCUT2D eigenvalue weighted by Crippen LogP contribution is -2.61. The maximum atomic E-state index is 14.3. The summed E-state index contributed by atoms with van der Waals surface area (Å²) in [6.45, 7) is 12.7. The van der Waals surface area contributed by atoms with Crippen LogP contribution in [0.5, 0.6) is 0 Å². The topological polar surface area (TPSA) is 161 Å². The molecule has 0 aromatic heterocycles. The second-order valence-electron chi connectivity index (χ2n) is 13.6. The Balaban J connectivity index is 1.50. The smallest absolute Gasteiger partial charge is 0.404 e. The molecule has 3 aliphatic rings. The Morgan fingerprint density at radius 3 is 2.52 bits per heavy atom. The summed E-state index contributed by atoms with van der Waals surface area (Å²) in [5, 5.41) is 31.4. The molecule has 2 fully saturated rings. The molecular weight excluding hydrogens is 655 g/mol. The highest BCUT2D eigenvalue weighted by atomic mass is 32.2. The summed E-state index contributed by atoms with van der Waals surface area (Å²) in [4.78, 5) is 15.2. The maximum absolute atomic E-state index is 14.3. The van der Waals surface area contributed by atoms with E-state index in [2.05, 4.69) is 53.3 Å². The summed E-state index contributed by atoms with van der Waals surface area (Å²) in [5.74, 6) is -0.289. The van der Waals surface area contributed by atoms with E-state index in [-0.39, 0.29) is 34.8 Å².